The van der Waals surface area contributed by atoms with Gasteiger partial charge in [-0.3, -0.25) is 4.39 Å². The first-order valence-corrected chi connectivity index (χ1v) is 4.15. The van der Waals surface area contributed by atoms with Gasteiger partial charge in [0.25, 0.3) is 0 Å². The van der Waals surface area contributed by atoms with Gasteiger partial charge < -0.3 is 0 Å². The highest BCUT2D eigenvalue weighted by Gasteiger charge is 2.10. The van der Waals surface area contributed by atoms with E-state index in [2.05, 4.69) is 0 Å². The number of alkyl halides is 1. The monoisotopic (exact) mass is 196 g/mol. The lowest BCUT2D eigenvalue weighted by Crippen LogP contribution is -1.98. The molecule has 0 saturated carbocycles. The average Bonchev–Trinajstić information content (AvgIpc) is 2.17. The largest absolute Gasteiger partial charge is 0.250 e. The summed E-state index contributed by atoms with van der Waals surface area (Å²) in [5.41, 5.74) is 1.11. The van der Waals surface area contributed by atoms with E-state index in [1.165, 1.54) is 0 Å². The molecule has 13 heavy (non-hydrogen) atoms. The van der Waals surface area contributed by atoms with Crippen LogP contribution in [0.1, 0.15) is 18.1 Å². The molecule has 0 bridgehead atoms. The van der Waals surface area contributed by atoms with Crippen molar-refractivity contribution in [1.29, 1.82) is 5.26 Å². The van der Waals surface area contributed by atoms with Crippen molar-refractivity contribution in [2.75, 3.05) is 6.67 Å². The Morgan fingerprint density at radius 1 is 1.62 bits per heavy atom. The minimum Gasteiger partial charge on any atom is -0.250 e. The van der Waals surface area contributed by atoms with Gasteiger partial charge in [0, 0.05) is 10.9 Å². The van der Waals surface area contributed by atoms with Gasteiger partial charge in [-0.15, -0.1) is 0 Å². The molecule has 0 fully saturated rings. The maximum absolute atomic E-state index is 12.3. The maximum Gasteiger partial charge on any atom is 0.0998 e. The van der Waals surface area contributed by atoms with E-state index >= 15 is 0 Å². The maximum atomic E-state index is 12.3. The molecule has 1 aromatic carbocycles. The molecule has 0 unspecified atom stereocenters. The first kappa shape index (κ1) is 10.0. The lowest BCUT2D eigenvalue weighted by atomic mass is 10.0. The first-order chi connectivity index (χ1) is 6.19. The van der Waals surface area contributed by atoms with Crippen LogP contribution < -0.4 is 0 Å². The molecule has 1 radical (unpaired) electrons. The van der Waals surface area contributed by atoms with Crippen LogP contribution in [0.15, 0.2) is 18.2 Å². The van der Waals surface area contributed by atoms with Gasteiger partial charge in [-0.25, -0.2) is 0 Å². The quantitative estimate of drug-likeness (QED) is 0.713. The van der Waals surface area contributed by atoms with Gasteiger partial charge in [0.05, 0.1) is 18.3 Å². The molecule has 0 spiro atoms. The number of halogens is 2. The molecule has 0 atom stereocenters. The number of rotatable bonds is 2. The number of nitriles is 1. The summed E-state index contributed by atoms with van der Waals surface area (Å²) in [5.74, 6) is 0.544. The molecule has 0 saturated heterocycles. The normalized spacial score (nSPS) is 10.1. The molecular weight excluding hydrogens is 189 g/mol. The molecule has 0 aliphatic heterocycles. The van der Waals surface area contributed by atoms with Crippen LogP contribution in [0.5, 0.6) is 0 Å². The molecule has 67 valence electrons. The number of nitrogens with zero attached hydrogens (tertiary/aromatic N) is 1. The van der Waals surface area contributed by atoms with Crippen molar-refractivity contribution in [3.05, 3.63) is 40.3 Å². The predicted octanol–water partition coefficient (Wildman–Crippen LogP) is 3.12. The lowest BCUT2D eigenvalue weighted by Gasteiger charge is -2.08. The van der Waals surface area contributed by atoms with Crippen LogP contribution in [0.2, 0.25) is 5.02 Å². The van der Waals surface area contributed by atoms with Gasteiger partial charge in [0.15, 0.2) is 0 Å². The molecule has 0 aliphatic carbocycles. The van der Waals surface area contributed by atoms with Gasteiger partial charge in [0.1, 0.15) is 0 Å². The Bertz CT molecular complexity index is 343. The average molecular weight is 197 g/mol. The zero-order valence-electron chi connectivity index (χ0n) is 7.14. The van der Waals surface area contributed by atoms with Gasteiger partial charge >= 0.3 is 0 Å². The van der Waals surface area contributed by atoms with Crippen molar-refractivity contribution >= 4 is 11.6 Å². The minimum absolute atomic E-state index is 0.481. The summed E-state index contributed by atoms with van der Waals surface area (Å²) in [6.07, 6.45) is 0. The van der Waals surface area contributed by atoms with E-state index in [1.54, 1.807) is 25.1 Å². The Labute approximate surface area is 81.8 Å². The van der Waals surface area contributed by atoms with Crippen LogP contribution in [0, 0.1) is 17.2 Å². The van der Waals surface area contributed by atoms with Gasteiger partial charge in [-0.05, 0) is 23.8 Å². The van der Waals surface area contributed by atoms with E-state index in [0.717, 1.165) is 0 Å². The Morgan fingerprint density at radius 3 is 2.85 bits per heavy atom. The second-order valence-electron chi connectivity index (χ2n) is 2.72. The summed E-state index contributed by atoms with van der Waals surface area (Å²) < 4.78 is 12.3. The fourth-order valence-corrected chi connectivity index (χ4v) is 1.27. The Kier molecular flexibility index (Phi) is 3.27. The second kappa shape index (κ2) is 4.25. The lowest BCUT2D eigenvalue weighted by molar-refractivity contribution is 0.516. The summed E-state index contributed by atoms with van der Waals surface area (Å²) >= 11 is 5.83. The predicted molar refractivity (Wildman–Crippen MR) is 50.2 cm³/mol. The highest BCUT2D eigenvalue weighted by molar-refractivity contribution is 6.31. The van der Waals surface area contributed by atoms with E-state index < -0.39 is 6.67 Å². The van der Waals surface area contributed by atoms with Crippen molar-refractivity contribution < 1.29 is 4.39 Å². The molecule has 1 rings (SSSR count). The van der Waals surface area contributed by atoms with Gasteiger partial charge in [-0.2, -0.15) is 5.26 Å². The number of hydrogen-bond donors (Lipinski definition) is 0. The molecular formula is C10H8ClFN. The van der Waals surface area contributed by atoms with Crippen LogP contribution in [0.25, 0.3) is 0 Å². The highest BCUT2D eigenvalue weighted by atomic mass is 35.5. The van der Waals surface area contributed by atoms with Crippen LogP contribution in [-0.2, 0) is 0 Å². The molecule has 1 nitrogen and oxygen atoms in total. The van der Waals surface area contributed by atoms with E-state index in [0.29, 0.717) is 22.1 Å². The van der Waals surface area contributed by atoms with Crippen molar-refractivity contribution in [3.8, 4) is 6.07 Å². The summed E-state index contributed by atoms with van der Waals surface area (Å²) in [6.45, 7) is 1.11. The second-order valence-corrected chi connectivity index (χ2v) is 3.13. The van der Waals surface area contributed by atoms with Crippen LogP contribution in [0.3, 0.4) is 0 Å². The van der Waals surface area contributed by atoms with Crippen molar-refractivity contribution in [2.24, 2.45) is 0 Å². The molecule has 0 amide bonds. The molecule has 1 aromatic rings. The number of hydrogen-bond acceptors (Lipinski definition) is 1. The molecule has 3 heteroatoms. The highest BCUT2D eigenvalue weighted by Crippen LogP contribution is 2.24. The summed E-state index contributed by atoms with van der Waals surface area (Å²) in [7, 11) is 0. The minimum atomic E-state index is -0.547. The zero-order chi connectivity index (χ0) is 9.84. The molecule has 0 aliphatic rings. The fraction of sp³-hybridized carbons (Fsp3) is 0.200. The van der Waals surface area contributed by atoms with E-state index in [-0.39, 0.29) is 0 Å². The third kappa shape index (κ3) is 2.19. The van der Waals surface area contributed by atoms with Gasteiger partial charge in [-0.1, -0.05) is 18.5 Å². The third-order valence-electron chi connectivity index (χ3n) is 1.76. The zero-order valence-corrected chi connectivity index (χ0v) is 7.90. The van der Waals surface area contributed by atoms with Crippen LogP contribution in [0.4, 0.5) is 4.39 Å². The molecule has 0 N–H and O–H groups in total. The van der Waals surface area contributed by atoms with Crippen molar-refractivity contribution in [1.82, 2.24) is 0 Å². The SMILES string of the molecule is C[C](CF)c1cc(C#N)ccc1Cl. The Balaban J connectivity index is 3.12. The molecule has 0 aromatic heterocycles. The topological polar surface area (TPSA) is 23.8 Å². The Hall–Kier alpha value is -1.07. The van der Waals surface area contributed by atoms with E-state index in [1.807, 2.05) is 6.07 Å². The summed E-state index contributed by atoms with van der Waals surface area (Å²) in [5, 5.41) is 9.09. The fourth-order valence-electron chi connectivity index (χ4n) is 0.994. The van der Waals surface area contributed by atoms with Crippen LogP contribution >= 0.6 is 11.6 Å². The van der Waals surface area contributed by atoms with E-state index in [9.17, 15) is 4.39 Å². The standard InChI is InChI=1S/C10H8ClFN/c1-7(5-12)9-4-8(6-13)2-3-10(9)11/h2-4H,5H2,1H3. The number of benzene rings is 1. The van der Waals surface area contributed by atoms with Gasteiger partial charge in [0.2, 0.25) is 0 Å². The van der Waals surface area contributed by atoms with Crippen molar-refractivity contribution in [2.45, 2.75) is 6.92 Å². The third-order valence-corrected chi connectivity index (χ3v) is 2.09. The molecule has 0 heterocycles. The first-order valence-electron chi connectivity index (χ1n) is 3.77. The summed E-state index contributed by atoms with van der Waals surface area (Å²) in [6, 6.07) is 6.79. The van der Waals surface area contributed by atoms with Crippen LogP contribution in [-0.4, -0.2) is 6.67 Å². The van der Waals surface area contributed by atoms with E-state index in [4.69, 9.17) is 16.9 Å². The smallest absolute Gasteiger partial charge is 0.0998 e. The van der Waals surface area contributed by atoms with Crippen molar-refractivity contribution in [3.63, 3.8) is 0 Å². The summed E-state index contributed by atoms with van der Waals surface area (Å²) in [4.78, 5) is 0. The Morgan fingerprint density at radius 2 is 2.31 bits per heavy atom.